The first-order valence-corrected chi connectivity index (χ1v) is 4.59. The van der Waals surface area contributed by atoms with E-state index in [1.54, 1.807) is 0 Å². The lowest BCUT2D eigenvalue weighted by atomic mass is 9.96. The zero-order valence-electron chi connectivity index (χ0n) is 6.36. The minimum absolute atomic E-state index is 0.226. The molecule has 1 rings (SSSR count). The van der Waals surface area contributed by atoms with Gasteiger partial charge in [-0.25, -0.2) is 0 Å². The Labute approximate surface area is 70.7 Å². The molecule has 0 saturated heterocycles. The highest BCUT2D eigenvalue weighted by molar-refractivity contribution is 7.95. The topological polar surface area (TPSA) is 70.5 Å². The second-order valence-electron chi connectivity index (χ2n) is 2.75. The van der Waals surface area contributed by atoms with Crippen LogP contribution in [0.25, 0.3) is 0 Å². The molecule has 0 spiro atoms. The number of hydrogen-bond acceptors (Lipinski definition) is 5. The van der Waals surface area contributed by atoms with Gasteiger partial charge in [-0.15, -0.1) is 9.32 Å². The van der Waals surface area contributed by atoms with Gasteiger partial charge in [-0.1, -0.05) is 12.8 Å². The van der Waals surface area contributed by atoms with Crippen molar-refractivity contribution in [3.8, 4) is 0 Å². The molecular weight excluding hydrogens is 164 g/mol. The second-order valence-corrected chi connectivity index (χ2v) is 3.68. The number of nitrogens with two attached hydrogens (primary N) is 2. The molecule has 1 aliphatic rings. The molecular formula is C6H14N2O2S. The third kappa shape index (κ3) is 2.96. The van der Waals surface area contributed by atoms with Crippen molar-refractivity contribution in [2.75, 3.05) is 0 Å². The van der Waals surface area contributed by atoms with Crippen LogP contribution in [0.2, 0.25) is 0 Å². The Kier molecular flexibility index (Phi) is 4.17. The van der Waals surface area contributed by atoms with Gasteiger partial charge >= 0.3 is 0 Å². The van der Waals surface area contributed by atoms with Gasteiger partial charge in [-0.3, -0.25) is 0 Å². The Morgan fingerprint density at radius 2 is 2.00 bits per heavy atom. The lowest BCUT2D eigenvalue weighted by Crippen LogP contribution is -2.35. The van der Waals surface area contributed by atoms with E-state index in [4.69, 9.17) is 11.6 Å². The Morgan fingerprint density at radius 3 is 2.64 bits per heavy atom. The summed E-state index contributed by atoms with van der Waals surface area (Å²) < 4.78 is 4.56. The molecule has 2 unspecified atom stereocenters. The van der Waals surface area contributed by atoms with E-state index >= 15 is 0 Å². The van der Waals surface area contributed by atoms with Gasteiger partial charge in [0, 0.05) is 23.3 Å². The standard InChI is InChI=1S/C6H14N2O2S/c7-5-3-1-2-4-6(5)11-10-9-8/h5-6H,1-4,7-8H2. The van der Waals surface area contributed by atoms with Crippen LogP contribution in [0.1, 0.15) is 25.7 Å². The molecule has 0 aromatic rings. The molecule has 11 heavy (non-hydrogen) atoms. The third-order valence-electron chi connectivity index (χ3n) is 1.96. The van der Waals surface area contributed by atoms with Gasteiger partial charge in [0.15, 0.2) is 0 Å². The maximum Gasteiger partial charge on any atom is 0.0494 e. The molecule has 0 amide bonds. The van der Waals surface area contributed by atoms with Gasteiger partial charge < -0.3 is 5.73 Å². The molecule has 66 valence electrons. The number of rotatable bonds is 3. The molecule has 1 fully saturated rings. The van der Waals surface area contributed by atoms with Crippen molar-refractivity contribution in [1.82, 2.24) is 0 Å². The number of hydrogen-bond donors (Lipinski definition) is 2. The van der Waals surface area contributed by atoms with Crippen LogP contribution >= 0.6 is 12.0 Å². The van der Waals surface area contributed by atoms with E-state index in [1.165, 1.54) is 24.9 Å². The summed E-state index contributed by atoms with van der Waals surface area (Å²) in [5.74, 6) is 4.71. The smallest absolute Gasteiger partial charge is 0.0494 e. The normalized spacial score (nSPS) is 32.2. The van der Waals surface area contributed by atoms with Crippen LogP contribution in [-0.4, -0.2) is 11.3 Å². The fourth-order valence-electron chi connectivity index (χ4n) is 1.32. The van der Waals surface area contributed by atoms with Crippen molar-refractivity contribution in [3.63, 3.8) is 0 Å². The summed E-state index contributed by atoms with van der Waals surface area (Å²) in [5.41, 5.74) is 5.82. The van der Waals surface area contributed by atoms with Gasteiger partial charge in [0.05, 0.1) is 0 Å². The van der Waals surface area contributed by atoms with Crippen LogP contribution in [0.3, 0.4) is 0 Å². The monoisotopic (exact) mass is 178 g/mol. The van der Waals surface area contributed by atoms with E-state index in [9.17, 15) is 0 Å². The van der Waals surface area contributed by atoms with Crippen molar-refractivity contribution in [3.05, 3.63) is 0 Å². The van der Waals surface area contributed by atoms with Crippen molar-refractivity contribution >= 4 is 12.0 Å². The van der Waals surface area contributed by atoms with Crippen LogP contribution in [0.5, 0.6) is 0 Å². The molecule has 5 heteroatoms. The van der Waals surface area contributed by atoms with Gasteiger partial charge in [0.2, 0.25) is 0 Å². The predicted molar refractivity (Wildman–Crippen MR) is 44.2 cm³/mol. The molecule has 0 bridgehead atoms. The van der Waals surface area contributed by atoms with Crippen molar-refractivity contribution < 1.29 is 9.32 Å². The van der Waals surface area contributed by atoms with Crippen LogP contribution in [0, 0.1) is 0 Å². The summed E-state index contributed by atoms with van der Waals surface area (Å²) in [7, 11) is 0. The molecule has 0 aromatic carbocycles. The van der Waals surface area contributed by atoms with Crippen molar-refractivity contribution in [2.24, 2.45) is 11.6 Å². The van der Waals surface area contributed by atoms with E-state index in [-0.39, 0.29) is 6.04 Å². The summed E-state index contributed by atoms with van der Waals surface area (Å²) in [6.07, 6.45) is 4.61. The third-order valence-corrected chi connectivity index (χ3v) is 2.95. The minimum atomic E-state index is 0.226. The van der Waals surface area contributed by atoms with Gasteiger partial charge in [-0.05, 0) is 12.8 Å². The molecule has 1 aliphatic carbocycles. The summed E-state index contributed by atoms with van der Waals surface area (Å²) in [5, 5.41) is 0.340. The first-order valence-electron chi connectivity index (χ1n) is 3.79. The molecule has 0 aliphatic heterocycles. The minimum Gasteiger partial charge on any atom is -0.327 e. The Hall–Kier alpha value is 0.190. The zero-order chi connectivity index (χ0) is 8.10. The van der Waals surface area contributed by atoms with Crippen LogP contribution in [-0.2, 0) is 9.32 Å². The summed E-state index contributed by atoms with van der Waals surface area (Å²) in [6.45, 7) is 0. The lowest BCUT2D eigenvalue weighted by Gasteiger charge is -2.25. The van der Waals surface area contributed by atoms with Gasteiger partial charge in [-0.2, -0.15) is 5.90 Å². The highest BCUT2D eigenvalue weighted by atomic mass is 32.2. The average molecular weight is 178 g/mol. The fraction of sp³-hybridized carbons (Fsp3) is 1.00. The van der Waals surface area contributed by atoms with Crippen molar-refractivity contribution in [2.45, 2.75) is 37.0 Å². The second kappa shape index (κ2) is 4.95. The first kappa shape index (κ1) is 9.28. The Morgan fingerprint density at radius 1 is 1.27 bits per heavy atom. The van der Waals surface area contributed by atoms with Crippen LogP contribution in [0.15, 0.2) is 0 Å². The van der Waals surface area contributed by atoms with E-state index < -0.39 is 0 Å². The summed E-state index contributed by atoms with van der Waals surface area (Å²) >= 11 is 1.23. The van der Waals surface area contributed by atoms with E-state index in [2.05, 4.69) is 9.32 Å². The fourth-order valence-corrected chi connectivity index (χ4v) is 2.01. The van der Waals surface area contributed by atoms with Gasteiger partial charge in [0.1, 0.15) is 0 Å². The van der Waals surface area contributed by atoms with Gasteiger partial charge in [0.25, 0.3) is 0 Å². The largest absolute Gasteiger partial charge is 0.327 e. The SMILES string of the molecule is NOOSC1CCCCC1N. The molecule has 4 nitrogen and oxygen atoms in total. The Bertz CT molecular complexity index is 115. The van der Waals surface area contributed by atoms with Crippen LogP contribution in [0.4, 0.5) is 0 Å². The molecule has 2 atom stereocenters. The van der Waals surface area contributed by atoms with Crippen LogP contribution < -0.4 is 11.6 Å². The quantitative estimate of drug-likeness (QED) is 0.378. The maximum atomic E-state index is 5.82. The summed E-state index contributed by atoms with van der Waals surface area (Å²) in [6, 6.07) is 0.226. The molecule has 0 aromatic heterocycles. The van der Waals surface area contributed by atoms with E-state index in [0.29, 0.717) is 5.25 Å². The lowest BCUT2D eigenvalue weighted by molar-refractivity contribution is -0.196. The first-order chi connectivity index (χ1) is 5.34. The Balaban J connectivity index is 2.18. The molecule has 4 N–H and O–H groups in total. The maximum absolute atomic E-state index is 5.82. The average Bonchev–Trinajstić information content (AvgIpc) is 2.03. The predicted octanol–water partition coefficient (Wildman–Crippen LogP) is 0.726. The molecule has 1 saturated carbocycles. The van der Waals surface area contributed by atoms with E-state index in [0.717, 1.165) is 12.8 Å². The van der Waals surface area contributed by atoms with E-state index in [1.807, 2.05) is 0 Å². The highest BCUT2D eigenvalue weighted by Crippen LogP contribution is 2.27. The zero-order valence-corrected chi connectivity index (χ0v) is 7.18. The highest BCUT2D eigenvalue weighted by Gasteiger charge is 2.23. The molecule has 0 radical (unpaired) electrons. The van der Waals surface area contributed by atoms with Crippen molar-refractivity contribution in [1.29, 1.82) is 0 Å². The molecule has 0 heterocycles. The summed E-state index contributed by atoms with van der Waals surface area (Å²) in [4.78, 5) is 4.00.